The summed E-state index contributed by atoms with van der Waals surface area (Å²) in [5.74, 6) is 1.08. The molecule has 3 aromatic carbocycles. The van der Waals surface area contributed by atoms with Crippen molar-refractivity contribution in [2.45, 2.75) is 19.0 Å². The SMILES string of the molecule is Cc1sc2nc(SCC(=O)Nc3ccccc3Oc3ccccc3)n(-c3ccccc3)c(=O)c2c1C. The number of thioether (sulfide) groups is 1. The summed E-state index contributed by atoms with van der Waals surface area (Å²) in [5.41, 5.74) is 2.10. The van der Waals surface area contributed by atoms with Crippen molar-refractivity contribution in [1.82, 2.24) is 9.55 Å². The van der Waals surface area contributed by atoms with Gasteiger partial charge in [0.05, 0.1) is 22.5 Å². The first-order valence-corrected chi connectivity index (χ1v) is 13.1. The zero-order valence-corrected chi connectivity index (χ0v) is 21.4. The summed E-state index contributed by atoms with van der Waals surface area (Å²) in [6, 6.07) is 26.1. The molecule has 0 unspecified atom stereocenters. The van der Waals surface area contributed by atoms with Crippen LogP contribution in [0.3, 0.4) is 0 Å². The number of carbonyl (C=O) groups excluding carboxylic acids is 1. The second kappa shape index (κ2) is 10.4. The van der Waals surface area contributed by atoms with Crippen molar-refractivity contribution in [3.8, 4) is 17.2 Å². The molecule has 5 aromatic rings. The van der Waals surface area contributed by atoms with Crippen LogP contribution in [0.5, 0.6) is 11.5 Å². The summed E-state index contributed by atoms with van der Waals surface area (Å²) in [5, 5.41) is 4.03. The fourth-order valence-corrected chi connectivity index (χ4v) is 5.65. The average Bonchev–Trinajstić information content (AvgIpc) is 3.18. The molecule has 8 heteroatoms. The van der Waals surface area contributed by atoms with Crippen molar-refractivity contribution in [1.29, 1.82) is 0 Å². The smallest absolute Gasteiger partial charge is 0.267 e. The van der Waals surface area contributed by atoms with Gasteiger partial charge in [0, 0.05) is 4.88 Å². The van der Waals surface area contributed by atoms with E-state index in [4.69, 9.17) is 9.72 Å². The van der Waals surface area contributed by atoms with Crippen molar-refractivity contribution in [2.75, 3.05) is 11.1 Å². The first-order valence-electron chi connectivity index (χ1n) is 11.3. The Bertz CT molecular complexity index is 1600. The average molecular weight is 514 g/mol. The van der Waals surface area contributed by atoms with Crippen LogP contribution >= 0.6 is 23.1 Å². The number of carbonyl (C=O) groups is 1. The highest BCUT2D eigenvalue weighted by atomic mass is 32.2. The van der Waals surface area contributed by atoms with Crippen LogP contribution in [-0.4, -0.2) is 21.2 Å². The van der Waals surface area contributed by atoms with E-state index in [1.807, 2.05) is 86.6 Å². The molecule has 0 fully saturated rings. The maximum Gasteiger partial charge on any atom is 0.267 e. The Labute approximate surface area is 216 Å². The number of nitrogens with zero attached hydrogens (tertiary/aromatic N) is 2. The van der Waals surface area contributed by atoms with Crippen molar-refractivity contribution in [3.05, 3.63) is 106 Å². The van der Waals surface area contributed by atoms with Gasteiger partial charge in [0.15, 0.2) is 10.9 Å². The first-order chi connectivity index (χ1) is 17.5. The van der Waals surface area contributed by atoms with Crippen molar-refractivity contribution >= 4 is 44.9 Å². The number of ether oxygens (including phenoxy) is 1. The molecule has 0 aliphatic heterocycles. The first kappa shape index (κ1) is 23.8. The molecule has 0 aliphatic carbocycles. The normalized spacial score (nSPS) is 10.9. The highest BCUT2D eigenvalue weighted by molar-refractivity contribution is 7.99. The molecule has 2 aromatic heterocycles. The molecular weight excluding hydrogens is 490 g/mol. The molecule has 1 N–H and O–H groups in total. The van der Waals surface area contributed by atoms with Gasteiger partial charge in [-0.25, -0.2) is 4.98 Å². The molecule has 0 saturated heterocycles. The minimum Gasteiger partial charge on any atom is -0.455 e. The molecule has 0 radical (unpaired) electrons. The summed E-state index contributed by atoms with van der Waals surface area (Å²) < 4.78 is 7.54. The molecule has 1 amide bonds. The number of benzene rings is 3. The van der Waals surface area contributed by atoms with Gasteiger partial charge < -0.3 is 10.1 Å². The molecule has 36 heavy (non-hydrogen) atoms. The molecule has 0 aliphatic rings. The van der Waals surface area contributed by atoms with Crippen LogP contribution in [0.4, 0.5) is 5.69 Å². The van der Waals surface area contributed by atoms with E-state index in [2.05, 4.69) is 5.32 Å². The van der Waals surface area contributed by atoms with Crippen molar-refractivity contribution in [2.24, 2.45) is 0 Å². The van der Waals surface area contributed by atoms with Gasteiger partial charge in [-0.05, 0) is 55.8 Å². The molecule has 0 bridgehead atoms. The minimum absolute atomic E-state index is 0.0772. The summed E-state index contributed by atoms with van der Waals surface area (Å²) in [7, 11) is 0. The number of fused-ring (bicyclic) bond motifs is 1. The lowest BCUT2D eigenvalue weighted by atomic mass is 10.2. The number of rotatable bonds is 7. The van der Waals surface area contributed by atoms with Gasteiger partial charge in [0.1, 0.15) is 10.6 Å². The van der Waals surface area contributed by atoms with Crippen LogP contribution in [0.1, 0.15) is 10.4 Å². The van der Waals surface area contributed by atoms with E-state index in [-0.39, 0.29) is 17.2 Å². The monoisotopic (exact) mass is 513 g/mol. The Hall–Kier alpha value is -3.88. The van der Waals surface area contributed by atoms with E-state index in [0.29, 0.717) is 38.2 Å². The number of aromatic nitrogens is 2. The molecular formula is C28H23N3O3S2. The van der Waals surface area contributed by atoms with Gasteiger partial charge in [-0.3, -0.25) is 14.2 Å². The number of amides is 1. The summed E-state index contributed by atoms with van der Waals surface area (Å²) in [4.78, 5) is 33.0. The van der Waals surface area contributed by atoms with Crippen LogP contribution < -0.4 is 15.6 Å². The standard InChI is InChI=1S/C28H23N3O3S2/c1-18-19(2)36-26-25(18)27(33)31(20-11-5-3-6-12-20)28(30-26)35-17-24(32)29-22-15-9-10-16-23(22)34-21-13-7-4-8-14-21/h3-16H,17H2,1-2H3,(H,29,32). The number of aryl methyl sites for hydroxylation is 2. The summed E-state index contributed by atoms with van der Waals surface area (Å²) in [6.45, 7) is 3.94. The number of nitrogens with one attached hydrogen (secondary N) is 1. The highest BCUT2D eigenvalue weighted by Gasteiger charge is 2.19. The molecule has 5 rings (SSSR count). The van der Waals surface area contributed by atoms with E-state index < -0.39 is 0 Å². The van der Waals surface area contributed by atoms with Gasteiger partial charge in [-0.15, -0.1) is 11.3 Å². The topological polar surface area (TPSA) is 73.2 Å². The van der Waals surface area contributed by atoms with E-state index in [0.717, 1.165) is 10.4 Å². The van der Waals surface area contributed by atoms with E-state index in [1.54, 1.807) is 16.7 Å². The second-order valence-corrected chi connectivity index (χ2v) is 10.2. The third kappa shape index (κ3) is 4.91. The van der Waals surface area contributed by atoms with E-state index >= 15 is 0 Å². The summed E-state index contributed by atoms with van der Waals surface area (Å²) >= 11 is 2.72. The molecule has 2 heterocycles. The zero-order chi connectivity index (χ0) is 25.1. The van der Waals surface area contributed by atoms with Crippen molar-refractivity contribution < 1.29 is 9.53 Å². The maximum atomic E-state index is 13.5. The van der Waals surface area contributed by atoms with Crippen LogP contribution in [0.15, 0.2) is 94.9 Å². The molecule has 0 spiro atoms. The highest BCUT2D eigenvalue weighted by Crippen LogP contribution is 2.31. The fourth-order valence-electron chi connectivity index (χ4n) is 3.77. The largest absolute Gasteiger partial charge is 0.455 e. The maximum absolute atomic E-state index is 13.5. The Morgan fingerprint density at radius 1 is 0.972 bits per heavy atom. The fraction of sp³-hybridized carbons (Fsp3) is 0.107. The lowest BCUT2D eigenvalue weighted by Crippen LogP contribution is -2.22. The van der Waals surface area contributed by atoms with E-state index in [1.165, 1.54) is 23.1 Å². The molecule has 0 saturated carbocycles. The molecule has 180 valence electrons. The Balaban J connectivity index is 1.41. The van der Waals surface area contributed by atoms with Gasteiger partial charge in [0.25, 0.3) is 5.56 Å². The van der Waals surface area contributed by atoms with Gasteiger partial charge >= 0.3 is 0 Å². The Morgan fingerprint density at radius 2 is 1.64 bits per heavy atom. The third-order valence-electron chi connectivity index (χ3n) is 5.65. The number of para-hydroxylation sites is 4. The second-order valence-electron chi connectivity index (χ2n) is 8.08. The molecule has 6 nitrogen and oxygen atoms in total. The van der Waals surface area contributed by atoms with Gasteiger partial charge in [-0.2, -0.15) is 0 Å². The summed E-state index contributed by atoms with van der Waals surface area (Å²) in [6.07, 6.45) is 0. The zero-order valence-electron chi connectivity index (χ0n) is 19.7. The van der Waals surface area contributed by atoms with Crippen LogP contribution in [-0.2, 0) is 4.79 Å². The minimum atomic E-state index is -0.225. The predicted molar refractivity (Wildman–Crippen MR) is 147 cm³/mol. The van der Waals surface area contributed by atoms with Gasteiger partial charge in [-0.1, -0.05) is 60.3 Å². The number of hydrogen-bond donors (Lipinski definition) is 1. The van der Waals surface area contributed by atoms with E-state index in [9.17, 15) is 9.59 Å². The Morgan fingerprint density at radius 3 is 2.39 bits per heavy atom. The quantitative estimate of drug-likeness (QED) is 0.196. The van der Waals surface area contributed by atoms with Crippen LogP contribution in [0, 0.1) is 13.8 Å². The lowest BCUT2D eigenvalue weighted by Gasteiger charge is -2.14. The number of thiophene rings is 1. The van der Waals surface area contributed by atoms with Crippen LogP contribution in [0.2, 0.25) is 0 Å². The Kier molecular flexibility index (Phi) is 6.88. The number of hydrogen-bond acceptors (Lipinski definition) is 6. The van der Waals surface area contributed by atoms with Gasteiger partial charge in [0.2, 0.25) is 5.91 Å². The lowest BCUT2D eigenvalue weighted by molar-refractivity contribution is -0.113. The molecule has 0 atom stereocenters. The van der Waals surface area contributed by atoms with Crippen molar-refractivity contribution in [3.63, 3.8) is 0 Å². The predicted octanol–water partition coefficient (Wildman–Crippen LogP) is 6.59. The van der Waals surface area contributed by atoms with Crippen LogP contribution in [0.25, 0.3) is 15.9 Å². The third-order valence-corrected chi connectivity index (χ3v) is 7.69. The number of anilines is 1.